The van der Waals surface area contributed by atoms with Crippen molar-refractivity contribution < 1.29 is 33.9 Å². The minimum atomic E-state index is -1.16. The van der Waals surface area contributed by atoms with Crippen molar-refractivity contribution in [1.82, 2.24) is 0 Å². The first-order chi connectivity index (χ1) is 13.2. The van der Waals surface area contributed by atoms with Gasteiger partial charge in [-0.25, -0.2) is 4.79 Å². The number of carbonyl (C=O) groups excluding carboxylic acids is 3. The minimum Gasteiger partial charge on any atom is -0.452 e. The highest BCUT2D eigenvalue weighted by Gasteiger charge is 2.50. The first-order valence-electron chi connectivity index (χ1n) is 8.54. The third-order valence-corrected chi connectivity index (χ3v) is 4.89. The topological polar surface area (TPSA) is 160 Å². The maximum atomic E-state index is 12.5. The highest BCUT2D eigenvalue weighted by Crippen LogP contribution is 2.39. The minimum absolute atomic E-state index is 0.0963. The fourth-order valence-corrected chi connectivity index (χ4v) is 3.22. The molecule has 1 aliphatic rings. The number of aliphatic hydroxyl groups excluding tert-OH is 1. The summed E-state index contributed by atoms with van der Waals surface area (Å²) < 4.78 is 4.94. The van der Waals surface area contributed by atoms with E-state index in [1.165, 1.54) is 38.1 Å². The number of ether oxygens (including phenoxy) is 1. The van der Waals surface area contributed by atoms with Crippen molar-refractivity contribution in [3.63, 3.8) is 0 Å². The lowest BCUT2D eigenvalue weighted by Gasteiger charge is -2.39. The van der Waals surface area contributed by atoms with Gasteiger partial charge in [-0.3, -0.25) is 19.7 Å². The van der Waals surface area contributed by atoms with Crippen molar-refractivity contribution in [2.45, 2.75) is 33.0 Å². The van der Waals surface area contributed by atoms with Crippen LogP contribution in [0.25, 0.3) is 5.53 Å². The second kappa shape index (κ2) is 8.64. The molecule has 1 aromatic rings. The molecule has 1 fully saturated rings. The molecule has 0 unspecified atom stereocenters. The number of Topliss-reactive ketones (excluding diaryl/α,β-unsaturated/α-hetero) is 2. The van der Waals surface area contributed by atoms with E-state index in [4.69, 9.17) is 10.3 Å². The van der Waals surface area contributed by atoms with Gasteiger partial charge in [-0.05, 0) is 30.5 Å². The Morgan fingerprint density at radius 1 is 1.36 bits per heavy atom. The Balaban J connectivity index is 2.00. The molecule has 10 heteroatoms. The van der Waals surface area contributed by atoms with E-state index < -0.39 is 46.2 Å². The van der Waals surface area contributed by atoms with Gasteiger partial charge in [0.25, 0.3) is 11.5 Å². The molecule has 0 saturated heterocycles. The van der Waals surface area contributed by atoms with E-state index in [2.05, 4.69) is 4.79 Å². The normalized spacial score (nSPS) is 20.3. The van der Waals surface area contributed by atoms with Gasteiger partial charge in [0.1, 0.15) is 12.4 Å². The zero-order valence-electron chi connectivity index (χ0n) is 15.3. The van der Waals surface area contributed by atoms with Crippen molar-refractivity contribution in [2.24, 2.45) is 17.8 Å². The first kappa shape index (κ1) is 21.1. The molecule has 0 aromatic heterocycles. The number of ketones is 2. The number of nitro benzene ring substituents is 1. The number of non-ortho nitro benzene ring substituents is 1. The summed E-state index contributed by atoms with van der Waals surface area (Å²) in [5.74, 6) is -4.09. The molecule has 4 atom stereocenters. The monoisotopic (exact) mass is 389 g/mol. The summed E-state index contributed by atoms with van der Waals surface area (Å²) in [5, 5.41) is 20.3. The molecule has 0 aliphatic heterocycles. The molecule has 1 aliphatic carbocycles. The molecule has 10 nitrogen and oxygen atoms in total. The molecule has 1 aromatic carbocycles. The summed E-state index contributed by atoms with van der Waals surface area (Å²) >= 11 is 0. The molecule has 2 rings (SSSR count). The molecule has 0 amide bonds. The summed E-state index contributed by atoms with van der Waals surface area (Å²) in [6, 6.07) is 5.25. The Kier molecular flexibility index (Phi) is 6.50. The Morgan fingerprint density at radius 3 is 2.43 bits per heavy atom. The van der Waals surface area contributed by atoms with Crippen LogP contribution in [0.5, 0.6) is 0 Å². The number of hydrogen-bond donors (Lipinski definition) is 1. The molecular formula is C18H19N3O7. The summed E-state index contributed by atoms with van der Waals surface area (Å²) in [5.41, 5.74) is 8.59. The van der Waals surface area contributed by atoms with Gasteiger partial charge in [0.2, 0.25) is 0 Å². The van der Waals surface area contributed by atoms with Crippen LogP contribution >= 0.6 is 0 Å². The maximum Gasteiger partial charge on any atom is 0.441 e. The highest BCUT2D eigenvalue weighted by atomic mass is 16.6. The molecule has 0 bridgehead atoms. The fraction of sp³-hybridized carbons (Fsp3) is 0.444. The maximum absolute atomic E-state index is 12.5. The SMILES string of the molecule is C[C@@H](O)[C@H]1C(=O)C[C@@H]1[C@@H](C)C(=O)C(=[N+]=[N-])C(=O)OCc1ccc([N+](=O)[O-])cc1. The lowest BCUT2D eigenvalue weighted by molar-refractivity contribution is -0.384. The second-order valence-electron chi connectivity index (χ2n) is 6.70. The molecule has 0 spiro atoms. The van der Waals surface area contributed by atoms with Crippen LogP contribution in [0.15, 0.2) is 24.3 Å². The van der Waals surface area contributed by atoms with Crippen molar-refractivity contribution in [2.75, 3.05) is 0 Å². The van der Waals surface area contributed by atoms with Gasteiger partial charge in [0.05, 0.1) is 11.0 Å². The van der Waals surface area contributed by atoms with E-state index in [0.717, 1.165) is 0 Å². The quantitative estimate of drug-likeness (QED) is 0.132. The highest BCUT2D eigenvalue weighted by molar-refractivity contribution is 6.62. The Labute approximate surface area is 159 Å². The summed E-state index contributed by atoms with van der Waals surface area (Å²) in [6.45, 7) is 2.66. The number of hydrogen-bond acceptors (Lipinski definition) is 7. The van der Waals surface area contributed by atoms with Gasteiger partial charge in [0.15, 0.2) is 0 Å². The average Bonchev–Trinajstić information content (AvgIpc) is 2.63. The number of aliphatic hydroxyl groups is 1. The van der Waals surface area contributed by atoms with Crippen molar-refractivity contribution in [1.29, 1.82) is 0 Å². The molecule has 148 valence electrons. The summed E-state index contributed by atoms with van der Waals surface area (Å²) in [7, 11) is 0. The number of nitrogens with zero attached hydrogens (tertiary/aromatic N) is 3. The van der Waals surface area contributed by atoms with Crippen LogP contribution in [0, 0.1) is 27.9 Å². The predicted molar refractivity (Wildman–Crippen MR) is 94.0 cm³/mol. The molecule has 28 heavy (non-hydrogen) atoms. The van der Waals surface area contributed by atoms with E-state index in [1.54, 1.807) is 0 Å². The lowest BCUT2D eigenvalue weighted by atomic mass is 9.63. The molecule has 0 heterocycles. The van der Waals surface area contributed by atoms with Crippen molar-refractivity contribution >= 4 is 28.9 Å². The van der Waals surface area contributed by atoms with Crippen LogP contribution in [0.1, 0.15) is 25.8 Å². The lowest BCUT2D eigenvalue weighted by Crippen LogP contribution is -2.50. The predicted octanol–water partition coefficient (Wildman–Crippen LogP) is 1.10. The van der Waals surface area contributed by atoms with Gasteiger partial charge in [-0.2, -0.15) is 4.79 Å². The summed E-state index contributed by atoms with van der Waals surface area (Å²) in [6.07, 6.45) is -0.830. The Hall–Kier alpha value is -3.23. The number of esters is 1. The van der Waals surface area contributed by atoms with Gasteiger partial charge < -0.3 is 15.4 Å². The third kappa shape index (κ3) is 4.36. The zero-order valence-corrected chi connectivity index (χ0v) is 15.3. The van der Waals surface area contributed by atoms with E-state index in [-0.39, 0.29) is 24.5 Å². The third-order valence-electron chi connectivity index (χ3n) is 4.89. The zero-order chi connectivity index (χ0) is 21.0. The number of nitro groups is 1. The van der Waals surface area contributed by atoms with Crippen LogP contribution in [0.2, 0.25) is 0 Å². The smallest absolute Gasteiger partial charge is 0.441 e. The van der Waals surface area contributed by atoms with Gasteiger partial charge in [0, 0.05) is 30.4 Å². The first-order valence-corrected chi connectivity index (χ1v) is 8.54. The van der Waals surface area contributed by atoms with Gasteiger partial charge >= 0.3 is 11.7 Å². The average molecular weight is 389 g/mol. The Bertz CT molecular complexity index is 856. The number of rotatable bonds is 8. The largest absolute Gasteiger partial charge is 0.452 e. The van der Waals surface area contributed by atoms with Crippen LogP contribution in [-0.4, -0.2) is 44.2 Å². The molecular weight excluding hydrogens is 370 g/mol. The molecule has 0 radical (unpaired) electrons. The van der Waals surface area contributed by atoms with Crippen LogP contribution in [-0.2, 0) is 25.7 Å². The van der Waals surface area contributed by atoms with E-state index in [1.807, 2.05) is 0 Å². The van der Waals surface area contributed by atoms with Crippen LogP contribution in [0.4, 0.5) is 5.69 Å². The van der Waals surface area contributed by atoms with Crippen molar-refractivity contribution in [3.8, 4) is 0 Å². The van der Waals surface area contributed by atoms with Crippen LogP contribution in [0.3, 0.4) is 0 Å². The second-order valence-corrected chi connectivity index (χ2v) is 6.70. The number of benzene rings is 1. The summed E-state index contributed by atoms with van der Waals surface area (Å²) in [4.78, 5) is 49.0. The van der Waals surface area contributed by atoms with E-state index in [9.17, 15) is 29.6 Å². The van der Waals surface area contributed by atoms with E-state index >= 15 is 0 Å². The standard InChI is InChI=1S/C18H19N3O7/c1-9(13-7-14(23)15(13)10(2)22)17(24)16(20-19)18(25)28-8-11-3-5-12(6-4-11)21(26)27/h3-6,9-10,13,15,22H,7-8H2,1-2H3/t9-,10-,13-,15-/m1/s1. The van der Waals surface area contributed by atoms with Crippen molar-refractivity contribution in [3.05, 3.63) is 45.5 Å². The Morgan fingerprint density at radius 2 is 1.96 bits per heavy atom. The van der Waals surface area contributed by atoms with Gasteiger partial charge in [-0.15, -0.1) is 0 Å². The number of carbonyl (C=O) groups is 3. The molecule has 1 saturated carbocycles. The fourth-order valence-electron chi connectivity index (χ4n) is 3.22. The van der Waals surface area contributed by atoms with Gasteiger partial charge in [-0.1, -0.05) is 6.92 Å². The van der Waals surface area contributed by atoms with E-state index in [0.29, 0.717) is 5.56 Å². The molecule has 1 N–H and O–H groups in total. The van der Waals surface area contributed by atoms with Crippen LogP contribution < -0.4 is 0 Å².